The van der Waals surface area contributed by atoms with E-state index in [9.17, 15) is 14.7 Å². The highest BCUT2D eigenvalue weighted by molar-refractivity contribution is 7.14. The molecule has 0 spiro atoms. The van der Waals surface area contributed by atoms with Gasteiger partial charge in [0.2, 0.25) is 0 Å². The van der Waals surface area contributed by atoms with E-state index in [1.165, 1.54) is 28.2 Å². The van der Waals surface area contributed by atoms with Gasteiger partial charge in [0.1, 0.15) is 5.54 Å². The highest BCUT2D eigenvalue weighted by Crippen LogP contribution is 2.32. The third kappa shape index (κ3) is 2.84. The monoisotopic (exact) mass is 307 g/mol. The number of fused-ring (bicyclic) bond motifs is 1. The van der Waals surface area contributed by atoms with Crippen molar-refractivity contribution in [3.8, 4) is 0 Å². The number of hydrogen-bond acceptors (Lipinski definition) is 3. The molecule has 1 saturated carbocycles. The summed E-state index contributed by atoms with van der Waals surface area (Å²) in [7, 11) is 0. The number of nitrogens with one attached hydrogen (secondary N) is 1. The van der Waals surface area contributed by atoms with Gasteiger partial charge < -0.3 is 10.4 Å². The van der Waals surface area contributed by atoms with Crippen LogP contribution in [0, 0.1) is 0 Å². The van der Waals surface area contributed by atoms with Crippen LogP contribution in [0.5, 0.6) is 0 Å². The Morgan fingerprint density at radius 3 is 2.43 bits per heavy atom. The van der Waals surface area contributed by atoms with Gasteiger partial charge in [-0.3, -0.25) is 4.79 Å². The van der Waals surface area contributed by atoms with Gasteiger partial charge in [0.05, 0.1) is 4.88 Å². The molecule has 3 rings (SSSR count). The summed E-state index contributed by atoms with van der Waals surface area (Å²) < 4.78 is 0. The van der Waals surface area contributed by atoms with Crippen LogP contribution in [0.1, 0.15) is 65.1 Å². The predicted octanol–water partition coefficient (Wildman–Crippen LogP) is 3.14. The summed E-state index contributed by atoms with van der Waals surface area (Å²) >= 11 is 1.53. The van der Waals surface area contributed by atoms with Gasteiger partial charge in [-0.15, -0.1) is 11.3 Å². The molecule has 2 aliphatic carbocycles. The Morgan fingerprint density at radius 2 is 1.81 bits per heavy atom. The van der Waals surface area contributed by atoms with Gasteiger partial charge >= 0.3 is 5.97 Å². The molecule has 0 saturated heterocycles. The minimum absolute atomic E-state index is 0.210. The van der Waals surface area contributed by atoms with Crippen molar-refractivity contribution in [2.45, 2.75) is 63.3 Å². The van der Waals surface area contributed by atoms with Crippen LogP contribution < -0.4 is 5.32 Å². The van der Waals surface area contributed by atoms with Crippen LogP contribution in [0.25, 0.3) is 0 Å². The molecule has 21 heavy (non-hydrogen) atoms. The van der Waals surface area contributed by atoms with Crippen molar-refractivity contribution >= 4 is 23.2 Å². The number of thiophene rings is 1. The maximum absolute atomic E-state index is 12.5. The third-order valence-electron chi connectivity index (χ3n) is 4.69. The van der Waals surface area contributed by atoms with E-state index in [4.69, 9.17) is 0 Å². The lowest BCUT2D eigenvalue weighted by Gasteiger charge is -2.29. The Morgan fingerprint density at radius 1 is 1.10 bits per heavy atom. The quantitative estimate of drug-likeness (QED) is 0.843. The second-order valence-corrected chi connectivity index (χ2v) is 7.30. The fourth-order valence-electron chi connectivity index (χ4n) is 3.44. The first-order valence-electron chi connectivity index (χ1n) is 7.78. The number of carbonyl (C=O) groups excluding carboxylic acids is 1. The fraction of sp³-hybridized carbons (Fsp3) is 0.625. The predicted molar refractivity (Wildman–Crippen MR) is 81.9 cm³/mol. The van der Waals surface area contributed by atoms with Gasteiger partial charge in [0, 0.05) is 4.88 Å². The Hall–Kier alpha value is -1.36. The van der Waals surface area contributed by atoms with Crippen molar-refractivity contribution in [3.63, 3.8) is 0 Å². The molecule has 0 unspecified atom stereocenters. The Balaban J connectivity index is 1.78. The van der Waals surface area contributed by atoms with Gasteiger partial charge in [0.25, 0.3) is 5.91 Å². The molecule has 0 atom stereocenters. The topological polar surface area (TPSA) is 66.4 Å². The standard InChI is InChI=1S/C16H21NO3S/c18-14(13-10-11-6-5-7-12(11)21-13)17-16(15(19)20)8-3-1-2-4-9-16/h10H,1-9H2,(H,17,18)(H,19,20). The molecule has 0 aliphatic heterocycles. The Kier molecular flexibility index (Phi) is 4.02. The highest BCUT2D eigenvalue weighted by Gasteiger charge is 2.40. The highest BCUT2D eigenvalue weighted by atomic mass is 32.1. The summed E-state index contributed by atoms with van der Waals surface area (Å²) in [5.74, 6) is -1.10. The van der Waals surface area contributed by atoms with Crippen molar-refractivity contribution in [2.75, 3.05) is 0 Å². The summed E-state index contributed by atoms with van der Waals surface area (Å²) in [6.45, 7) is 0. The number of aryl methyl sites for hydroxylation is 2. The number of carboxylic acid groups (broad SMARTS) is 1. The van der Waals surface area contributed by atoms with Crippen molar-refractivity contribution in [2.24, 2.45) is 0 Å². The van der Waals surface area contributed by atoms with E-state index in [-0.39, 0.29) is 5.91 Å². The lowest BCUT2D eigenvalue weighted by molar-refractivity contribution is -0.145. The van der Waals surface area contributed by atoms with E-state index < -0.39 is 11.5 Å². The zero-order valence-electron chi connectivity index (χ0n) is 12.1. The number of aliphatic carboxylic acids is 1. The van der Waals surface area contributed by atoms with Crippen LogP contribution in [0.3, 0.4) is 0 Å². The largest absolute Gasteiger partial charge is 0.480 e. The van der Waals surface area contributed by atoms with E-state index in [1.807, 2.05) is 6.07 Å². The number of carbonyl (C=O) groups is 2. The minimum Gasteiger partial charge on any atom is -0.480 e. The summed E-state index contributed by atoms with van der Waals surface area (Å²) in [4.78, 5) is 26.2. The molecular weight excluding hydrogens is 286 g/mol. The molecule has 0 radical (unpaired) electrons. The molecule has 0 bridgehead atoms. The van der Waals surface area contributed by atoms with E-state index in [1.54, 1.807) is 0 Å². The molecule has 1 fully saturated rings. The van der Waals surface area contributed by atoms with Crippen molar-refractivity contribution < 1.29 is 14.7 Å². The molecule has 1 heterocycles. The van der Waals surface area contributed by atoms with Gasteiger partial charge in [-0.1, -0.05) is 25.7 Å². The lowest BCUT2D eigenvalue weighted by Crippen LogP contribution is -2.54. The summed E-state index contributed by atoms with van der Waals surface area (Å²) in [5.41, 5.74) is 0.206. The number of hydrogen-bond donors (Lipinski definition) is 2. The number of carboxylic acids is 1. The molecular formula is C16H21NO3S. The van der Waals surface area contributed by atoms with Crippen LogP contribution in [-0.4, -0.2) is 22.5 Å². The fourth-order valence-corrected chi connectivity index (χ4v) is 4.59. The first-order valence-corrected chi connectivity index (χ1v) is 8.60. The number of amides is 1. The maximum atomic E-state index is 12.5. The smallest absolute Gasteiger partial charge is 0.329 e. The SMILES string of the molecule is O=C(NC1(C(=O)O)CCCCCC1)c1cc2c(s1)CCC2. The molecule has 2 N–H and O–H groups in total. The van der Waals surface area contributed by atoms with Crippen LogP contribution in [-0.2, 0) is 17.6 Å². The van der Waals surface area contributed by atoms with Crippen LogP contribution in [0.2, 0.25) is 0 Å². The average molecular weight is 307 g/mol. The molecule has 4 nitrogen and oxygen atoms in total. The van der Waals surface area contributed by atoms with Crippen molar-refractivity contribution in [1.82, 2.24) is 5.32 Å². The van der Waals surface area contributed by atoms with E-state index in [0.29, 0.717) is 17.7 Å². The first-order chi connectivity index (χ1) is 10.1. The second kappa shape index (κ2) is 5.79. The second-order valence-electron chi connectivity index (χ2n) is 6.17. The zero-order valence-corrected chi connectivity index (χ0v) is 12.9. The summed E-state index contributed by atoms with van der Waals surface area (Å²) in [6.07, 6.45) is 8.19. The molecule has 5 heteroatoms. The summed E-state index contributed by atoms with van der Waals surface area (Å²) in [5, 5.41) is 12.5. The van der Waals surface area contributed by atoms with Crippen LogP contribution in [0.15, 0.2) is 6.07 Å². The van der Waals surface area contributed by atoms with Crippen LogP contribution >= 0.6 is 11.3 Å². The Bertz CT molecular complexity index is 534. The van der Waals surface area contributed by atoms with E-state index >= 15 is 0 Å². The first kappa shape index (κ1) is 14.6. The molecule has 0 aromatic carbocycles. The van der Waals surface area contributed by atoms with Gasteiger partial charge in [-0.2, -0.15) is 0 Å². The van der Waals surface area contributed by atoms with E-state index in [2.05, 4.69) is 5.32 Å². The van der Waals surface area contributed by atoms with Gasteiger partial charge in [0.15, 0.2) is 0 Å². The average Bonchev–Trinajstić information content (AvgIpc) is 2.95. The molecule has 1 aromatic heterocycles. The molecule has 114 valence electrons. The van der Waals surface area contributed by atoms with Crippen molar-refractivity contribution in [1.29, 1.82) is 0 Å². The zero-order chi connectivity index (χ0) is 14.9. The molecule has 2 aliphatic rings. The van der Waals surface area contributed by atoms with Crippen LogP contribution in [0.4, 0.5) is 0 Å². The lowest BCUT2D eigenvalue weighted by atomic mass is 9.90. The van der Waals surface area contributed by atoms with Gasteiger partial charge in [-0.25, -0.2) is 4.79 Å². The summed E-state index contributed by atoms with van der Waals surface area (Å²) in [6, 6.07) is 1.95. The third-order valence-corrected chi connectivity index (χ3v) is 5.93. The molecule has 1 aromatic rings. The Labute approximate surface area is 128 Å². The van der Waals surface area contributed by atoms with Crippen molar-refractivity contribution in [3.05, 3.63) is 21.4 Å². The minimum atomic E-state index is -1.07. The van der Waals surface area contributed by atoms with E-state index in [0.717, 1.165) is 38.5 Å². The maximum Gasteiger partial charge on any atom is 0.329 e. The normalized spacial score (nSPS) is 20.6. The molecule has 1 amide bonds. The number of rotatable bonds is 3. The van der Waals surface area contributed by atoms with Gasteiger partial charge in [-0.05, 0) is 43.7 Å².